The van der Waals surface area contributed by atoms with Gasteiger partial charge in [0.15, 0.2) is 0 Å². The molecule has 2 aromatic rings. The van der Waals surface area contributed by atoms with Gasteiger partial charge < -0.3 is 20.7 Å². The Morgan fingerprint density at radius 3 is 2.62 bits per heavy atom. The van der Waals surface area contributed by atoms with Crippen molar-refractivity contribution >= 4 is 35.0 Å². The van der Waals surface area contributed by atoms with Crippen LogP contribution in [0.2, 0.25) is 5.02 Å². The van der Waals surface area contributed by atoms with Gasteiger partial charge in [-0.05, 0) is 44.0 Å². The molecular formula is C27H32ClN5O4. The van der Waals surface area contributed by atoms with Crippen molar-refractivity contribution in [1.29, 1.82) is 0 Å². The van der Waals surface area contributed by atoms with Gasteiger partial charge in [0.2, 0.25) is 11.8 Å². The second-order valence-electron chi connectivity index (χ2n) is 10.1. The Morgan fingerprint density at radius 2 is 1.95 bits per heavy atom. The van der Waals surface area contributed by atoms with E-state index in [-0.39, 0.29) is 25.0 Å². The Kier molecular flexibility index (Phi) is 7.57. The van der Waals surface area contributed by atoms with Gasteiger partial charge in [-0.15, -0.1) is 0 Å². The number of nitrogens with one attached hydrogen (secondary N) is 1. The molecule has 1 fully saturated rings. The van der Waals surface area contributed by atoms with E-state index in [1.54, 1.807) is 50.1 Å². The van der Waals surface area contributed by atoms with Crippen LogP contribution in [-0.2, 0) is 20.8 Å². The molecule has 2 aliphatic rings. The van der Waals surface area contributed by atoms with Gasteiger partial charge in [0.25, 0.3) is 5.91 Å². The van der Waals surface area contributed by atoms with Crippen molar-refractivity contribution in [2.45, 2.75) is 38.3 Å². The summed E-state index contributed by atoms with van der Waals surface area (Å²) in [7, 11) is 1.64. The van der Waals surface area contributed by atoms with E-state index in [4.69, 9.17) is 22.1 Å². The first-order chi connectivity index (χ1) is 17.5. The van der Waals surface area contributed by atoms with Crippen LogP contribution in [0.5, 0.6) is 5.75 Å². The van der Waals surface area contributed by atoms with Crippen molar-refractivity contribution < 1.29 is 19.1 Å². The molecule has 2 heterocycles. The third kappa shape index (κ3) is 5.78. The third-order valence-corrected chi connectivity index (χ3v) is 6.90. The number of hydrogen-bond donors (Lipinski definition) is 2. The van der Waals surface area contributed by atoms with Crippen LogP contribution < -0.4 is 15.8 Å². The lowest BCUT2D eigenvalue weighted by Crippen LogP contribution is -2.62. The van der Waals surface area contributed by atoms with Crippen LogP contribution in [0.4, 0.5) is 0 Å². The number of halogens is 1. The second-order valence-corrected chi connectivity index (χ2v) is 10.6. The molecule has 2 unspecified atom stereocenters. The maximum atomic E-state index is 13.8. The normalized spacial score (nSPS) is 20.2. The van der Waals surface area contributed by atoms with E-state index in [0.29, 0.717) is 30.2 Å². The maximum Gasteiger partial charge on any atom is 0.256 e. The van der Waals surface area contributed by atoms with Gasteiger partial charge >= 0.3 is 0 Å². The molecule has 3 amide bonds. The summed E-state index contributed by atoms with van der Waals surface area (Å²) >= 11 is 6.06. The molecule has 9 nitrogen and oxygen atoms in total. The van der Waals surface area contributed by atoms with Crippen LogP contribution >= 0.6 is 11.6 Å². The number of likely N-dealkylation sites (tertiary alicyclic amines) is 1. The average molecular weight is 526 g/mol. The number of hydrazone groups is 1. The molecule has 4 rings (SSSR count). The highest BCUT2D eigenvalue weighted by Crippen LogP contribution is 2.38. The fourth-order valence-electron chi connectivity index (χ4n) is 4.69. The summed E-state index contributed by atoms with van der Waals surface area (Å²) in [5, 5.41) is 9.10. The molecule has 2 aromatic carbocycles. The van der Waals surface area contributed by atoms with E-state index in [1.165, 1.54) is 5.01 Å². The summed E-state index contributed by atoms with van der Waals surface area (Å²) in [6.07, 6.45) is 0.873. The average Bonchev–Trinajstić information content (AvgIpc) is 3.10. The Labute approximate surface area is 221 Å². The largest absolute Gasteiger partial charge is 0.491 e. The number of amides is 3. The first-order valence-electron chi connectivity index (χ1n) is 12.2. The minimum atomic E-state index is -1.20. The minimum Gasteiger partial charge on any atom is -0.491 e. The Hall–Kier alpha value is -3.43. The summed E-state index contributed by atoms with van der Waals surface area (Å²) in [6, 6.07) is 15.5. The number of piperidine rings is 1. The van der Waals surface area contributed by atoms with Gasteiger partial charge in [-0.2, -0.15) is 5.10 Å². The molecule has 0 saturated carbocycles. The standard InChI is InChI=1S/C27H32ClN5O4/c1-26(2,29)24(35)30-21(16-37-20-11-7-10-19(28)14-20)23(34)33-13-12-22-27(17-33,25(36)32(3)31-22)15-18-8-5-4-6-9-18/h4-11,14,21H,12-13,15-17,29H2,1-3H3,(H,30,35). The third-order valence-electron chi connectivity index (χ3n) is 6.67. The number of hydrogen-bond acceptors (Lipinski definition) is 6. The van der Waals surface area contributed by atoms with Gasteiger partial charge in [0.1, 0.15) is 23.8 Å². The lowest BCUT2D eigenvalue weighted by molar-refractivity contribution is -0.143. The molecule has 0 radical (unpaired) electrons. The molecule has 10 heteroatoms. The number of ether oxygens (including phenoxy) is 1. The predicted molar refractivity (Wildman–Crippen MR) is 141 cm³/mol. The van der Waals surface area contributed by atoms with Crippen molar-refractivity contribution in [2.24, 2.45) is 16.3 Å². The van der Waals surface area contributed by atoms with E-state index in [0.717, 1.165) is 11.3 Å². The highest BCUT2D eigenvalue weighted by molar-refractivity contribution is 6.30. The zero-order chi connectivity index (χ0) is 26.8. The summed E-state index contributed by atoms with van der Waals surface area (Å²) in [5.74, 6) is -0.528. The second kappa shape index (κ2) is 10.5. The van der Waals surface area contributed by atoms with E-state index in [1.807, 2.05) is 30.3 Å². The summed E-state index contributed by atoms with van der Waals surface area (Å²) in [5.41, 5.74) is 5.57. The summed E-state index contributed by atoms with van der Waals surface area (Å²) in [4.78, 5) is 41.6. The van der Waals surface area contributed by atoms with Crippen LogP contribution in [0, 0.1) is 5.41 Å². The number of rotatable bonds is 8. The Bertz CT molecular complexity index is 1210. The fraction of sp³-hybridized carbons (Fsp3) is 0.407. The fourth-order valence-corrected chi connectivity index (χ4v) is 4.87. The van der Waals surface area contributed by atoms with Gasteiger partial charge in [-0.3, -0.25) is 14.4 Å². The highest BCUT2D eigenvalue weighted by Gasteiger charge is 2.54. The summed E-state index contributed by atoms with van der Waals surface area (Å²) in [6.45, 7) is 3.52. The number of carbonyl (C=O) groups excluding carboxylic acids is 3. The van der Waals surface area contributed by atoms with E-state index < -0.39 is 22.9 Å². The van der Waals surface area contributed by atoms with Crippen molar-refractivity contribution in [3.63, 3.8) is 0 Å². The molecule has 2 atom stereocenters. The van der Waals surface area contributed by atoms with Gasteiger partial charge in [0, 0.05) is 31.6 Å². The summed E-state index contributed by atoms with van der Waals surface area (Å²) < 4.78 is 5.83. The molecule has 0 bridgehead atoms. The number of fused-ring (bicyclic) bond motifs is 1. The van der Waals surface area contributed by atoms with Gasteiger partial charge in [-0.25, -0.2) is 5.01 Å². The topological polar surface area (TPSA) is 117 Å². The van der Waals surface area contributed by atoms with E-state index in [2.05, 4.69) is 10.4 Å². The Morgan fingerprint density at radius 1 is 1.22 bits per heavy atom. The molecular weight excluding hydrogens is 494 g/mol. The first-order valence-corrected chi connectivity index (χ1v) is 12.5. The van der Waals surface area contributed by atoms with Crippen LogP contribution in [0.3, 0.4) is 0 Å². The molecule has 196 valence electrons. The van der Waals surface area contributed by atoms with E-state index >= 15 is 0 Å². The number of nitrogens with two attached hydrogens (primary N) is 1. The molecule has 2 aliphatic heterocycles. The molecule has 0 aliphatic carbocycles. The lowest BCUT2D eigenvalue weighted by Gasteiger charge is -2.40. The van der Waals surface area contributed by atoms with Crippen molar-refractivity contribution in [3.8, 4) is 5.75 Å². The SMILES string of the molecule is CN1N=C2CCN(C(=O)C(COc3cccc(Cl)c3)NC(=O)C(C)(C)N)CC2(Cc2ccccc2)C1=O. The zero-order valence-corrected chi connectivity index (χ0v) is 22.0. The minimum absolute atomic E-state index is 0.127. The van der Waals surface area contributed by atoms with Crippen molar-refractivity contribution in [1.82, 2.24) is 15.2 Å². The zero-order valence-electron chi connectivity index (χ0n) is 21.2. The van der Waals surface area contributed by atoms with Gasteiger partial charge in [0.05, 0.1) is 11.3 Å². The number of carbonyl (C=O) groups is 3. The maximum absolute atomic E-state index is 13.8. The predicted octanol–water partition coefficient (Wildman–Crippen LogP) is 2.23. The van der Waals surface area contributed by atoms with Crippen LogP contribution in [0.1, 0.15) is 25.8 Å². The molecule has 37 heavy (non-hydrogen) atoms. The highest BCUT2D eigenvalue weighted by atomic mass is 35.5. The first kappa shape index (κ1) is 26.6. The van der Waals surface area contributed by atoms with E-state index in [9.17, 15) is 14.4 Å². The smallest absolute Gasteiger partial charge is 0.256 e. The van der Waals surface area contributed by atoms with Crippen LogP contribution in [0.15, 0.2) is 59.7 Å². The van der Waals surface area contributed by atoms with Crippen molar-refractivity contribution in [3.05, 3.63) is 65.2 Å². The monoisotopic (exact) mass is 525 g/mol. The number of nitrogens with zero attached hydrogens (tertiary/aromatic N) is 3. The van der Waals surface area contributed by atoms with Crippen LogP contribution in [0.25, 0.3) is 0 Å². The lowest BCUT2D eigenvalue weighted by atomic mass is 9.73. The quantitative estimate of drug-likeness (QED) is 0.548. The number of benzene rings is 2. The van der Waals surface area contributed by atoms with Crippen molar-refractivity contribution in [2.75, 3.05) is 26.7 Å². The molecule has 3 N–H and O–H groups in total. The van der Waals surface area contributed by atoms with Crippen LogP contribution in [-0.4, -0.2) is 71.7 Å². The molecule has 0 aromatic heterocycles. The molecule has 0 spiro atoms. The Balaban J connectivity index is 1.58. The molecule has 1 saturated heterocycles. The van der Waals surface area contributed by atoms with Gasteiger partial charge in [-0.1, -0.05) is 48.0 Å².